The Bertz CT molecular complexity index is 695. The van der Waals surface area contributed by atoms with Crippen LogP contribution in [0.4, 0.5) is 0 Å². The van der Waals surface area contributed by atoms with Gasteiger partial charge < -0.3 is 5.32 Å². The van der Waals surface area contributed by atoms with E-state index in [-0.39, 0.29) is 17.9 Å². The molecule has 1 aliphatic rings. The van der Waals surface area contributed by atoms with Crippen molar-refractivity contribution in [2.24, 2.45) is 0 Å². The van der Waals surface area contributed by atoms with E-state index in [1.165, 1.54) is 22.7 Å². The second-order valence-corrected chi connectivity index (χ2v) is 6.89. The Labute approximate surface area is 131 Å². The van der Waals surface area contributed by atoms with E-state index in [0.29, 0.717) is 11.7 Å². The maximum atomic E-state index is 12.1. The summed E-state index contributed by atoms with van der Waals surface area (Å²) in [6.07, 6.45) is 5.13. The number of nitrogens with one attached hydrogen (secondary N) is 1. The molecule has 1 saturated carbocycles. The first-order valence-corrected chi connectivity index (χ1v) is 8.70. The molecule has 1 N–H and O–H groups in total. The Morgan fingerprint density at radius 2 is 2.09 bits per heavy atom. The number of amides is 1. The van der Waals surface area contributed by atoms with Gasteiger partial charge in [-0.3, -0.25) is 13.6 Å². The molecule has 0 unspecified atom stereocenters. The summed E-state index contributed by atoms with van der Waals surface area (Å²) < 4.78 is 13.0. The van der Waals surface area contributed by atoms with Gasteiger partial charge in [0.1, 0.15) is 12.9 Å². The molecule has 3 rings (SSSR count). The van der Waals surface area contributed by atoms with Crippen LogP contribution in [0.15, 0.2) is 41.8 Å². The van der Waals surface area contributed by atoms with Crippen LogP contribution in [0.5, 0.6) is 0 Å². The minimum Gasteiger partial charge on any atom is -0.354 e. The molecule has 6 nitrogen and oxygen atoms in total. The summed E-state index contributed by atoms with van der Waals surface area (Å²) in [5.74, 6) is -0.117. The molecule has 1 fully saturated rings. The summed E-state index contributed by atoms with van der Waals surface area (Å²) in [5.41, 5.74) is 1.36. The lowest BCUT2D eigenvalue weighted by atomic mass is 9.96. The molecule has 1 amide bonds. The Morgan fingerprint density at radius 3 is 2.73 bits per heavy atom. The molecule has 0 saturated heterocycles. The highest BCUT2D eigenvalue weighted by Gasteiger charge is 2.44. The maximum absolute atomic E-state index is 12.1. The fourth-order valence-corrected chi connectivity index (χ4v) is 3.17. The fraction of sp³-hybridized carbons (Fsp3) is 0.400. The number of carbonyl (C=O) groups is 1. The predicted molar refractivity (Wildman–Crippen MR) is 82.7 cm³/mol. The zero-order valence-electron chi connectivity index (χ0n) is 12.4. The SMILES string of the molecule is C[S@](=O)c1nncn1CC(=O)NCC1(c2ccccc2)CC1. The molecule has 0 aliphatic heterocycles. The van der Waals surface area contributed by atoms with Crippen molar-refractivity contribution < 1.29 is 9.00 Å². The van der Waals surface area contributed by atoms with Crippen LogP contribution in [0.1, 0.15) is 18.4 Å². The lowest BCUT2D eigenvalue weighted by Crippen LogP contribution is -2.34. The molecule has 0 radical (unpaired) electrons. The topological polar surface area (TPSA) is 76.9 Å². The van der Waals surface area contributed by atoms with Crippen LogP contribution in [-0.2, 0) is 27.6 Å². The van der Waals surface area contributed by atoms with E-state index >= 15 is 0 Å². The van der Waals surface area contributed by atoms with Gasteiger partial charge in [-0.15, -0.1) is 10.2 Å². The molecule has 0 spiro atoms. The highest BCUT2D eigenvalue weighted by molar-refractivity contribution is 7.84. The van der Waals surface area contributed by atoms with Gasteiger partial charge in [-0.25, -0.2) is 0 Å². The molecule has 22 heavy (non-hydrogen) atoms. The van der Waals surface area contributed by atoms with E-state index in [0.717, 1.165) is 12.8 Å². The number of aromatic nitrogens is 3. The number of nitrogens with zero attached hydrogens (tertiary/aromatic N) is 3. The lowest BCUT2D eigenvalue weighted by molar-refractivity contribution is -0.121. The molecule has 1 heterocycles. The van der Waals surface area contributed by atoms with Crippen LogP contribution in [0.2, 0.25) is 0 Å². The molecule has 2 aromatic rings. The molecule has 7 heteroatoms. The van der Waals surface area contributed by atoms with Crippen molar-refractivity contribution in [1.29, 1.82) is 0 Å². The van der Waals surface area contributed by atoms with Crippen molar-refractivity contribution in [2.75, 3.05) is 12.8 Å². The van der Waals surface area contributed by atoms with Crippen molar-refractivity contribution in [2.45, 2.75) is 30.0 Å². The Kier molecular flexibility index (Phi) is 4.06. The van der Waals surface area contributed by atoms with Crippen LogP contribution in [-0.4, -0.2) is 37.7 Å². The monoisotopic (exact) mass is 318 g/mol. The van der Waals surface area contributed by atoms with Crippen molar-refractivity contribution in [3.63, 3.8) is 0 Å². The zero-order valence-corrected chi connectivity index (χ0v) is 13.2. The van der Waals surface area contributed by atoms with E-state index in [4.69, 9.17) is 0 Å². The average Bonchev–Trinajstić information content (AvgIpc) is 3.18. The summed E-state index contributed by atoms with van der Waals surface area (Å²) in [7, 11) is -1.25. The van der Waals surface area contributed by atoms with Gasteiger partial charge in [-0.1, -0.05) is 30.3 Å². The minimum atomic E-state index is -1.25. The van der Waals surface area contributed by atoms with E-state index < -0.39 is 10.8 Å². The lowest BCUT2D eigenvalue weighted by Gasteiger charge is -2.16. The predicted octanol–water partition coefficient (Wildman–Crippen LogP) is 0.863. The molecule has 1 aromatic heterocycles. The average molecular weight is 318 g/mol. The number of hydrogen-bond acceptors (Lipinski definition) is 4. The van der Waals surface area contributed by atoms with E-state index in [1.807, 2.05) is 18.2 Å². The third-order valence-electron chi connectivity index (χ3n) is 4.01. The standard InChI is InChI=1S/C15H18N4O2S/c1-22(21)14-18-17-11-19(14)9-13(20)16-10-15(7-8-15)12-5-3-2-4-6-12/h2-6,11H,7-10H2,1H3,(H,16,20)/t22-/m0/s1. The van der Waals surface area contributed by atoms with Crippen LogP contribution in [0.25, 0.3) is 0 Å². The van der Waals surface area contributed by atoms with Gasteiger partial charge in [-0.2, -0.15) is 0 Å². The third kappa shape index (κ3) is 3.09. The third-order valence-corrected chi connectivity index (χ3v) is 4.85. The molecule has 1 aromatic carbocycles. The van der Waals surface area contributed by atoms with Crippen molar-refractivity contribution in [3.05, 3.63) is 42.2 Å². The summed E-state index contributed by atoms with van der Waals surface area (Å²) in [6.45, 7) is 0.718. The quantitative estimate of drug-likeness (QED) is 0.857. The Balaban J connectivity index is 1.59. The second kappa shape index (κ2) is 6.00. The Morgan fingerprint density at radius 1 is 1.36 bits per heavy atom. The van der Waals surface area contributed by atoms with E-state index in [2.05, 4.69) is 27.6 Å². The summed E-state index contributed by atoms with van der Waals surface area (Å²) in [5, 5.41) is 10.8. The smallest absolute Gasteiger partial charge is 0.240 e. The molecule has 1 aliphatic carbocycles. The highest BCUT2D eigenvalue weighted by Crippen LogP contribution is 2.47. The van der Waals surface area contributed by atoms with E-state index in [1.54, 1.807) is 0 Å². The van der Waals surface area contributed by atoms with Crippen molar-refractivity contribution in [1.82, 2.24) is 20.1 Å². The largest absolute Gasteiger partial charge is 0.354 e. The van der Waals surface area contributed by atoms with Crippen LogP contribution in [0, 0.1) is 0 Å². The van der Waals surface area contributed by atoms with Crippen LogP contribution in [0.3, 0.4) is 0 Å². The molecular formula is C15H18N4O2S. The van der Waals surface area contributed by atoms with E-state index in [9.17, 15) is 9.00 Å². The number of rotatable bonds is 6. The summed E-state index contributed by atoms with van der Waals surface area (Å²) in [6, 6.07) is 10.3. The first-order valence-electron chi connectivity index (χ1n) is 7.14. The van der Waals surface area contributed by atoms with Crippen molar-refractivity contribution >= 4 is 16.7 Å². The first-order chi connectivity index (χ1) is 10.6. The Hall–Kier alpha value is -2.02. The number of carbonyl (C=O) groups excluding carboxylic acids is 1. The van der Waals surface area contributed by atoms with Gasteiger partial charge in [0.15, 0.2) is 0 Å². The van der Waals surface area contributed by atoms with Crippen LogP contribution < -0.4 is 5.32 Å². The number of benzene rings is 1. The van der Waals surface area contributed by atoms with Crippen molar-refractivity contribution in [3.8, 4) is 0 Å². The highest BCUT2D eigenvalue weighted by atomic mass is 32.2. The molecule has 0 bridgehead atoms. The molecule has 1 atom stereocenters. The normalized spacial score (nSPS) is 17.0. The summed E-state index contributed by atoms with van der Waals surface area (Å²) in [4.78, 5) is 12.1. The minimum absolute atomic E-state index is 0.0838. The fourth-order valence-electron chi connectivity index (χ4n) is 2.56. The first kappa shape index (κ1) is 14.9. The zero-order chi connectivity index (χ0) is 15.6. The second-order valence-electron chi connectivity index (χ2n) is 5.62. The van der Waals surface area contributed by atoms with Gasteiger partial charge in [0.25, 0.3) is 0 Å². The van der Waals surface area contributed by atoms with Gasteiger partial charge in [0, 0.05) is 18.2 Å². The van der Waals surface area contributed by atoms with Gasteiger partial charge >= 0.3 is 0 Å². The molecule has 116 valence electrons. The number of hydrogen-bond donors (Lipinski definition) is 1. The van der Waals surface area contributed by atoms with Crippen LogP contribution >= 0.6 is 0 Å². The van der Waals surface area contributed by atoms with Gasteiger partial charge in [0.05, 0.1) is 10.8 Å². The molecular weight excluding hydrogens is 300 g/mol. The van der Waals surface area contributed by atoms with Gasteiger partial charge in [0.2, 0.25) is 11.1 Å². The maximum Gasteiger partial charge on any atom is 0.240 e. The van der Waals surface area contributed by atoms with Gasteiger partial charge in [-0.05, 0) is 18.4 Å². The summed E-state index contributed by atoms with van der Waals surface area (Å²) >= 11 is 0.